The second-order valence-corrected chi connectivity index (χ2v) is 6.50. The van der Waals surface area contributed by atoms with Crippen LogP contribution in [0.5, 0.6) is 5.75 Å². The second kappa shape index (κ2) is 8.65. The predicted molar refractivity (Wildman–Crippen MR) is 89.5 cm³/mol. The first-order valence-electron chi connectivity index (χ1n) is 7.26. The van der Waals surface area contributed by atoms with Crippen LogP contribution in [-0.2, 0) is 6.42 Å². The smallest absolute Gasteiger partial charge is 0.125 e. The van der Waals surface area contributed by atoms with Gasteiger partial charge in [0.2, 0.25) is 0 Å². The van der Waals surface area contributed by atoms with Crippen LogP contribution < -0.4 is 10.5 Å². The molecule has 0 saturated heterocycles. The Morgan fingerprint density at radius 2 is 2.05 bits per heavy atom. The monoisotopic (exact) mass is 342 g/mol. The van der Waals surface area contributed by atoms with Crippen molar-refractivity contribution < 1.29 is 4.74 Å². The molecule has 0 radical (unpaired) electrons. The van der Waals surface area contributed by atoms with Crippen molar-refractivity contribution >= 4 is 15.9 Å². The van der Waals surface area contributed by atoms with E-state index in [1.807, 2.05) is 0 Å². The molecular weight excluding hydrogens is 316 g/mol. The van der Waals surface area contributed by atoms with E-state index in [9.17, 15) is 0 Å². The summed E-state index contributed by atoms with van der Waals surface area (Å²) in [5.41, 5.74) is 8.46. The van der Waals surface area contributed by atoms with Crippen molar-refractivity contribution in [2.45, 2.75) is 39.2 Å². The molecule has 0 aliphatic rings. The highest BCUT2D eigenvalue weighted by Gasteiger charge is 2.12. The first-order chi connectivity index (χ1) is 9.43. The molecule has 0 fully saturated rings. The van der Waals surface area contributed by atoms with Crippen molar-refractivity contribution in [1.29, 1.82) is 0 Å². The van der Waals surface area contributed by atoms with E-state index in [1.54, 1.807) is 0 Å². The molecule has 0 aliphatic carbocycles. The standard InChI is InChI=1S/C16H27BrN2O/c1-5-15(18)11-13-10-14(17)9-12(2)16(13)20-8-6-7-19(3)4/h9-10,15H,5-8,11,18H2,1-4H3. The maximum absolute atomic E-state index is 6.09. The largest absolute Gasteiger partial charge is 0.493 e. The Bertz CT molecular complexity index is 421. The molecule has 0 saturated carbocycles. The Morgan fingerprint density at radius 3 is 2.65 bits per heavy atom. The van der Waals surface area contributed by atoms with Gasteiger partial charge < -0.3 is 15.4 Å². The van der Waals surface area contributed by atoms with Gasteiger partial charge in [-0.15, -0.1) is 0 Å². The molecule has 1 unspecified atom stereocenters. The van der Waals surface area contributed by atoms with E-state index < -0.39 is 0 Å². The maximum Gasteiger partial charge on any atom is 0.125 e. The van der Waals surface area contributed by atoms with E-state index in [4.69, 9.17) is 10.5 Å². The van der Waals surface area contributed by atoms with E-state index in [1.165, 1.54) is 11.1 Å². The number of rotatable bonds is 8. The fourth-order valence-corrected chi connectivity index (χ4v) is 2.76. The van der Waals surface area contributed by atoms with Crippen LogP contribution in [0.4, 0.5) is 0 Å². The summed E-state index contributed by atoms with van der Waals surface area (Å²) < 4.78 is 7.11. The molecule has 114 valence electrons. The maximum atomic E-state index is 6.09. The van der Waals surface area contributed by atoms with Gasteiger partial charge in [0, 0.05) is 17.1 Å². The summed E-state index contributed by atoms with van der Waals surface area (Å²) in [5.74, 6) is 1.01. The first-order valence-corrected chi connectivity index (χ1v) is 8.05. The summed E-state index contributed by atoms with van der Waals surface area (Å²) in [5, 5.41) is 0. The minimum Gasteiger partial charge on any atom is -0.493 e. The minimum absolute atomic E-state index is 0.188. The summed E-state index contributed by atoms with van der Waals surface area (Å²) in [7, 11) is 4.16. The molecule has 0 heterocycles. The zero-order valence-corrected chi connectivity index (χ0v) is 14.7. The number of nitrogens with zero attached hydrogens (tertiary/aromatic N) is 1. The van der Waals surface area contributed by atoms with Crippen LogP contribution in [0.2, 0.25) is 0 Å². The van der Waals surface area contributed by atoms with E-state index in [2.05, 4.69) is 60.9 Å². The van der Waals surface area contributed by atoms with Gasteiger partial charge in [-0.1, -0.05) is 22.9 Å². The summed E-state index contributed by atoms with van der Waals surface area (Å²) in [4.78, 5) is 2.17. The molecule has 20 heavy (non-hydrogen) atoms. The topological polar surface area (TPSA) is 38.5 Å². The van der Waals surface area contributed by atoms with Gasteiger partial charge in [-0.2, -0.15) is 0 Å². The Hall–Kier alpha value is -0.580. The number of hydrogen-bond acceptors (Lipinski definition) is 3. The lowest BCUT2D eigenvalue weighted by atomic mass is 10.0. The number of aryl methyl sites for hydroxylation is 1. The van der Waals surface area contributed by atoms with E-state index >= 15 is 0 Å². The summed E-state index contributed by atoms with van der Waals surface area (Å²) in [6.07, 6.45) is 2.87. The van der Waals surface area contributed by atoms with Crippen molar-refractivity contribution in [2.75, 3.05) is 27.2 Å². The molecule has 0 amide bonds. The number of benzene rings is 1. The zero-order chi connectivity index (χ0) is 15.1. The minimum atomic E-state index is 0.188. The van der Waals surface area contributed by atoms with Gasteiger partial charge in [0.15, 0.2) is 0 Å². The third kappa shape index (κ3) is 5.81. The van der Waals surface area contributed by atoms with Crippen molar-refractivity contribution in [3.8, 4) is 5.75 Å². The molecular formula is C16H27BrN2O. The van der Waals surface area contributed by atoms with Crippen LogP contribution in [0, 0.1) is 6.92 Å². The molecule has 4 heteroatoms. The van der Waals surface area contributed by atoms with Crippen LogP contribution in [0.25, 0.3) is 0 Å². The average molecular weight is 343 g/mol. The molecule has 1 rings (SSSR count). The Morgan fingerprint density at radius 1 is 1.35 bits per heavy atom. The van der Waals surface area contributed by atoms with Crippen LogP contribution in [0.1, 0.15) is 30.9 Å². The highest BCUT2D eigenvalue weighted by Crippen LogP contribution is 2.29. The van der Waals surface area contributed by atoms with Crippen molar-refractivity contribution in [3.05, 3.63) is 27.7 Å². The van der Waals surface area contributed by atoms with Gasteiger partial charge in [-0.25, -0.2) is 0 Å². The van der Waals surface area contributed by atoms with E-state index in [0.717, 1.165) is 42.6 Å². The Balaban J connectivity index is 2.76. The molecule has 0 bridgehead atoms. The molecule has 1 aromatic rings. The lowest BCUT2D eigenvalue weighted by molar-refractivity contribution is 0.277. The molecule has 3 nitrogen and oxygen atoms in total. The third-order valence-corrected chi connectivity index (χ3v) is 3.78. The molecule has 2 N–H and O–H groups in total. The first kappa shape index (κ1) is 17.5. The summed E-state index contributed by atoms with van der Waals surface area (Å²) in [6, 6.07) is 4.42. The normalized spacial score (nSPS) is 12.8. The van der Waals surface area contributed by atoms with Gasteiger partial charge in [0.25, 0.3) is 0 Å². The van der Waals surface area contributed by atoms with Gasteiger partial charge in [0.05, 0.1) is 6.61 Å². The second-order valence-electron chi connectivity index (χ2n) is 5.59. The Labute approximate surface area is 131 Å². The molecule has 0 spiro atoms. The van der Waals surface area contributed by atoms with E-state index in [-0.39, 0.29) is 6.04 Å². The van der Waals surface area contributed by atoms with Gasteiger partial charge in [-0.05, 0) is 63.5 Å². The average Bonchev–Trinajstić information content (AvgIpc) is 2.36. The van der Waals surface area contributed by atoms with Crippen LogP contribution in [0.15, 0.2) is 16.6 Å². The quantitative estimate of drug-likeness (QED) is 0.736. The van der Waals surface area contributed by atoms with Gasteiger partial charge in [-0.3, -0.25) is 0 Å². The summed E-state index contributed by atoms with van der Waals surface area (Å²) in [6.45, 7) is 5.99. The van der Waals surface area contributed by atoms with Crippen molar-refractivity contribution in [1.82, 2.24) is 4.90 Å². The molecule has 0 aromatic heterocycles. The number of halogens is 1. The van der Waals surface area contributed by atoms with Crippen molar-refractivity contribution in [3.63, 3.8) is 0 Å². The van der Waals surface area contributed by atoms with E-state index in [0.29, 0.717) is 0 Å². The number of hydrogen-bond donors (Lipinski definition) is 1. The fourth-order valence-electron chi connectivity index (χ4n) is 2.14. The molecule has 1 aromatic carbocycles. The molecule has 1 atom stereocenters. The lowest BCUT2D eigenvalue weighted by Crippen LogP contribution is -2.22. The summed E-state index contributed by atoms with van der Waals surface area (Å²) >= 11 is 3.56. The number of ether oxygens (including phenoxy) is 1. The van der Waals surface area contributed by atoms with Gasteiger partial charge >= 0.3 is 0 Å². The van der Waals surface area contributed by atoms with Crippen LogP contribution in [0.3, 0.4) is 0 Å². The lowest BCUT2D eigenvalue weighted by Gasteiger charge is -2.18. The SMILES string of the molecule is CCC(N)Cc1cc(Br)cc(C)c1OCCCN(C)C. The van der Waals surface area contributed by atoms with Gasteiger partial charge in [0.1, 0.15) is 5.75 Å². The highest BCUT2D eigenvalue weighted by atomic mass is 79.9. The Kier molecular flexibility index (Phi) is 7.56. The van der Waals surface area contributed by atoms with Crippen molar-refractivity contribution in [2.24, 2.45) is 5.73 Å². The van der Waals surface area contributed by atoms with Crippen LogP contribution in [-0.4, -0.2) is 38.2 Å². The molecule has 0 aliphatic heterocycles. The highest BCUT2D eigenvalue weighted by molar-refractivity contribution is 9.10. The predicted octanol–water partition coefficient (Wildman–Crippen LogP) is 3.37. The fraction of sp³-hybridized carbons (Fsp3) is 0.625. The zero-order valence-electron chi connectivity index (χ0n) is 13.1. The van der Waals surface area contributed by atoms with Crippen LogP contribution >= 0.6 is 15.9 Å². The third-order valence-electron chi connectivity index (χ3n) is 3.32. The number of nitrogens with two attached hydrogens (primary N) is 1.